The lowest BCUT2D eigenvalue weighted by Crippen LogP contribution is -2.14. The standard InChI is InChI=1S/C22H24N2O4/c1-4-5-12-28-20-11-10-16(14-21(20)27-3)13-17(15-23)22(25)24-18-8-6-7-9-19(18)26-2/h6-11,13-14H,4-5,12H2,1-3H3,(H,24,25). The van der Waals surface area contributed by atoms with Gasteiger partial charge in [0.05, 0.1) is 26.5 Å². The van der Waals surface area contributed by atoms with E-state index in [0.29, 0.717) is 35.1 Å². The van der Waals surface area contributed by atoms with Gasteiger partial charge in [-0.15, -0.1) is 0 Å². The molecule has 6 heteroatoms. The number of anilines is 1. The van der Waals surface area contributed by atoms with Crippen molar-refractivity contribution >= 4 is 17.7 Å². The van der Waals surface area contributed by atoms with Gasteiger partial charge in [-0.3, -0.25) is 4.79 Å². The number of methoxy groups -OCH3 is 2. The van der Waals surface area contributed by atoms with Crippen LogP contribution in [0, 0.1) is 11.3 Å². The molecule has 1 amide bonds. The summed E-state index contributed by atoms with van der Waals surface area (Å²) in [5.74, 6) is 1.18. The zero-order valence-electron chi connectivity index (χ0n) is 16.3. The van der Waals surface area contributed by atoms with Crippen LogP contribution in [0.3, 0.4) is 0 Å². The topological polar surface area (TPSA) is 80.6 Å². The first kappa shape index (κ1) is 20.8. The summed E-state index contributed by atoms with van der Waals surface area (Å²) in [6, 6.07) is 14.2. The fourth-order valence-electron chi connectivity index (χ4n) is 2.47. The number of ether oxygens (including phenoxy) is 3. The zero-order chi connectivity index (χ0) is 20.4. The summed E-state index contributed by atoms with van der Waals surface area (Å²) in [4.78, 5) is 12.5. The number of benzene rings is 2. The van der Waals surface area contributed by atoms with E-state index in [1.165, 1.54) is 13.2 Å². The van der Waals surface area contributed by atoms with Gasteiger partial charge in [-0.05, 0) is 42.3 Å². The van der Waals surface area contributed by atoms with Crippen LogP contribution in [0.4, 0.5) is 5.69 Å². The van der Waals surface area contributed by atoms with Crippen molar-refractivity contribution in [3.63, 3.8) is 0 Å². The minimum absolute atomic E-state index is 0.0346. The molecule has 2 aromatic rings. The lowest BCUT2D eigenvalue weighted by Gasteiger charge is -2.11. The molecule has 0 heterocycles. The van der Waals surface area contributed by atoms with E-state index in [-0.39, 0.29) is 5.57 Å². The Labute approximate surface area is 165 Å². The Morgan fingerprint density at radius 2 is 1.86 bits per heavy atom. The molecule has 0 aliphatic carbocycles. The first-order chi connectivity index (χ1) is 13.6. The van der Waals surface area contributed by atoms with Gasteiger partial charge in [0.1, 0.15) is 17.4 Å². The van der Waals surface area contributed by atoms with Crippen molar-refractivity contribution in [2.45, 2.75) is 19.8 Å². The van der Waals surface area contributed by atoms with Crippen LogP contribution in [0.2, 0.25) is 0 Å². The smallest absolute Gasteiger partial charge is 0.266 e. The summed E-state index contributed by atoms with van der Waals surface area (Å²) in [6.45, 7) is 2.70. The maximum atomic E-state index is 12.5. The van der Waals surface area contributed by atoms with Crippen LogP contribution in [0.5, 0.6) is 17.2 Å². The van der Waals surface area contributed by atoms with Crippen LogP contribution in [-0.4, -0.2) is 26.7 Å². The van der Waals surface area contributed by atoms with Crippen LogP contribution in [0.25, 0.3) is 6.08 Å². The molecule has 0 fully saturated rings. The molecule has 0 aromatic heterocycles. The van der Waals surface area contributed by atoms with Gasteiger partial charge in [-0.1, -0.05) is 31.5 Å². The van der Waals surface area contributed by atoms with Gasteiger partial charge in [-0.2, -0.15) is 5.26 Å². The lowest BCUT2D eigenvalue weighted by molar-refractivity contribution is -0.112. The van der Waals surface area contributed by atoms with E-state index < -0.39 is 5.91 Å². The Morgan fingerprint density at radius 3 is 2.54 bits per heavy atom. The second kappa shape index (κ2) is 10.6. The van der Waals surface area contributed by atoms with E-state index in [4.69, 9.17) is 14.2 Å². The number of nitrogens with one attached hydrogen (secondary N) is 1. The minimum atomic E-state index is -0.519. The molecule has 0 aliphatic heterocycles. The molecule has 2 aromatic carbocycles. The number of nitriles is 1. The van der Waals surface area contributed by atoms with Gasteiger partial charge >= 0.3 is 0 Å². The average Bonchev–Trinajstić information content (AvgIpc) is 2.73. The average molecular weight is 380 g/mol. The highest BCUT2D eigenvalue weighted by atomic mass is 16.5. The van der Waals surface area contributed by atoms with Crippen LogP contribution in [0.1, 0.15) is 25.3 Å². The Balaban J connectivity index is 2.21. The lowest BCUT2D eigenvalue weighted by atomic mass is 10.1. The fraction of sp³-hybridized carbons (Fsp3) is 0.273. The van der Waals surface area contributed by atoms with E-state index in [1.54, 1.807) is 49.6 Å². The van der Waals surface area contributed by atoms with E-state index >= 15 is 0 Å². The molecule has 146 valence electrons. The number of rotatable bonds is 9. The number of hydrogen-bond donors (Lipinski definition) is 1. The van der Waals surface area contributed by atoms with E-state index in [2.05, 4.69) is 12.2 Å². The first-order valence-electron chi connectivity index (χ1n) is 9.00. The maximum Gasteiger partial charge on any atom is 0.266 e. The molecule has 0 saturated carbocycles. The number of carbonyl (C=O) groups is 1. The second-order valence-electron chi connectivity index (χ2n) is 5.94. The number of carbonyl (C=O) groups excluding carboxylic acids is 1. The maximum absolute atomic E-state index is 12.5. The Morgan fingerprint density at radius 1 is 1.11 bits per heavy atom. The number of unbranched alkanes of at least 4 members (excludes halogenated alkanes) is 1. The van der Waals surface area contributed by atoms with Crippen molar-refractivity contribution < 1.29 is 19.0 Å². The first-order valence-corrected chi connectivity index (χ1v) is 9.00. The summed E-state index contributed by atoms with van der Waals surface area (Å²) in [5.41, 5.74) is 1.12. The molecule has 0 spiro atoms. The van der Waals surface area contributed by atoms with Crippen molar-refractivity contribution in [1.82, 2.24) is 0 Å². The molecule has 0 bridgehead atoms. The molecule has 0 aliphatic rings. The number of nitrogens with zero attached hydrogens (tertiary/aromatic N) is 1. The van der Waals surface area contributed by atoms with Gasteiger partial charge in [0, 0.05) is 0 Å². The van der Waals surface area contributed by atoms with Crippen molar-refractivity contribution in [2.75, 3.05) is 26.1 Å². The SMILES string of the molecule is CCCCOc1ccc(C=C(C#N)C(=O)Nc2ccccc2OC)cc1OC. The summed E-state index contributed by atoms with van der Waals surface area (Å²) < 4.78 is 16.3. The monoisotopic (exact) mass is 380 g/mol. The third kappa shape index (κ3) is 5.52. The summed E-state index contributed by atoms with van der Waals surface area (Å²) in [7, 11) is 3.07. The van der Waals surface area contributed by atoms with E-state index in [1.807, 2.05) is 6.07 Å². The van der Waals surface area contributed by atoms with E-state index in [0.717, 1.165) is 12.8 Å². The molecule has 28 heavy (non-hydrogen) atoms. The molecule has 0 unspecified atom stereocenters. The van der Waals surface area contributed by atoms with Crippen LogP contribution in [0.15, 0.2) is 48.0 Å². The highest BCUT2D eigenvalue weighted by Crippen LogP contribution is 2.29. The number of para-hydroxylation sites is 2. The number of amides is 1. The predicted octanol–water partition coefficient (Wildman–Crippen LogP) is 4.43. The highest BCUT2D eigenvalue weighted by molar-refractivity contribution is 6.10. The van der Waals surface area contributed by atoms with Gasteiger partial charge in [0.25, 0.3) is 5.91 Å². The molecular formula is C22H24N2O4. The normalized spacial score (nSPS) is 10.7. The molecular weight excluding hydrogens is 356 g/mol. The zero-order valence-corrected chi connectivity index (χ0v) is 16.3. The Bertz CT molecular complexity index is 884. The molecule has 1 N–H and O–H groups in total. The minimum Gasteiger partial charge on any atom is -0.495 e. The molecule has 0 saturated heterocycles. The van der Waals surface area contributed by atoms with Gasteiger partial charge in [0.15, 0.2) is 11.5 Å². The number of hydrogen-bond acceptors (Lipinski definition) is 5. The van der Waals surface area contributed by atoms with Crippen LogP contribution >= 0.6 is 0 Å². The molecule has 0 radical (unpaired) electrons. The summed E-state index contributed by atoms with van der Waals surface area (Å²) in [5, 5.41) is 12.1. The van der Waals surface area contributed by atoms with Crippen LogP contribution in [-0.2, 0) is 4.79 Å². The highest BCUT2D eigenvalue weighted by Gasteiger charge is 2.13. The van der Waals surface area contributed by atoms with Crippen molar-refractivity contribution in [3.8, 4) is 23.3 Å². The van der Waals surface area contributed by atoms with Crippen molar-refractivity contribution in [1.29, 1.82) is 5.26 Å². The largest absolute Gasteiger partial charge is 0.495 e. The van der Waals surface area contributed by atoms with E-state index in [9.17, 15) is 10.1 Å². The van der Waals surface area contributed by atoms with Crippen LogP contribution < -0.4 is 19.5 Å². The third-order valence-electron chi connectivity index (χ3n) is 3.97. The molecule has 6 nitrogen and oxygen atoms in total. The Kier molecular flexibility index (Phi) is 7.92. The Hall–Kier alpha value is -3.46. The van der Waals surface area contributed by atoms with Gasteiger partial charge in [-0.25, -0.2) is 0 Å². The fourth-order valence-corrected chi connectivity index (χ4v) is 2.47. The quantitative estimate of drug-likeness (QED) is 0.395. The molecule has 2 rings (SSSR count). The predicted molar refractivity (Wildman–Crippen MR) is 109 cm³/mol. The second-order valence-corrected chi connectivity index (χ2v) is 5.94. The summed E-state index contributed by atoms with van der Waals surface area (Å²) >= 11 is 0. The van der Waals surface area contributed by atoms with Gasteiger partial charge < -0.3 is 19.5 Å². The molecule has 0 atom stereocenters. The van der Waals surface area contributed by atoms with Crippen molar-refractivity contribution in [2.24, 2.45) is 0 Å². The van der Waals surface area contributed by atoms with Gasteiger partial charge in [0.2, 0.25) is 0 Å². The summed E-state index contributed by atoms with van der Waals surface area (Å²) in [6.07, 6.45) is 3.49. The third-order valence-corrected chi connectivity index (χ3v) is 3.97. The van der Waals surface area contributed by atoms with Crippen molar-refractivity contribution in [3.05, 3.63) is 53.6 Å².